The van der Waals surface area contributed by atoms with Gasteiger partial charge in [0.1, 0.15) is 24.5 Å². The molecule has 3 rings (SSSR count). The van der Waals surface area contributed by atoms with Gasteiger partial charge >= 0.3 is 0 Å². The summed E-state index contributed by atoms with van der Waals surface area (Å²) >= 11 is 0. The lowest BCUT2D eigenvalue weighted by atomic mass is 10.1. The zero-order valence-electron chi connectivity index (χ0n) is 9.26. The van der Waals surface area contributed by atoms with Crippen LogP contribution in [0.1, 0.15) is 18.5 Å². The van der Waals surface area contributed by atoms with Crippen molar-refractivity contribution in [3.63, 3.8) is 0 Å². The van der Waals surface area contributed by atoms with Crippen LogP contribution in [-0.4, -0.2) is 34.5 Å². The predicted octanol–water partition coefficient (Wildman–Crippen LogP) is -0.0884. The average molecular weight is 235 g/mol. The van der Waals surface area contributed by atoms with Gasteiger partial charge in [0, 0.05) is 6.07 Å². The molecule has 6 heteroatoms. The van der Waals surface area contributed by atoms with E-state index in [9.17, 15) is 9.59 Å². The lowest BCUT2D eigenvalue weighted by Gasteiger charge is -2.32. The van der Waals surface area contributed by atoms with Crippen molar-refractivity contribution in [2.45, 2.75) is 25.4 Å². The molecule has 0 spiro atoms. The van der Waals surface area contributed by atoms with Crippen LogP contribution in [-0.2, 0) is 16.1 Å². The second kappa shape index (κ2) is 3.87. The second-order valence-electron chi connectivity index (χ2n) is 4.57. The van der Waals surface area contributed by atoms with E-state index in [2.05, 4.69) is 10.5 Å². The molecule has 6 nitrogen and oxygen atoms in total. The Morgan fingerprint density at radius 1 is 1.47 bits per heavy atom. The lowest BCUT2D eigenvalue weighted by molar-refractivity contribution is -0.145. The minimum Gasteiger partial charge on any atom is -0.364 e. The van der Waals surface area contributed by atoms with Gasteiger partial charge in [0.25, 0.3) is 0 Å². The molecule has 1 atom stereocenters. The molecule has 1 saturated heterocycles. The van der Waals surface area contributed by atoms with Crippen LogP contribution in [0.2, 0.25) is 0 Å². The molecule has 0 aromatic carbocycles. The van der Waals surface area contributed by atoms with Crippen LogP contribution in [0.3, 0.4) is 0 Å². The molecule has 1 aromatic rings. The summed E-state index contributed by atoms with van der Waals surface area (Å²) in [4.78, 5) is 25.2. The third-order valence-electron chi connectivity index (χ3n) is 3.17. The van der Waals surface area contributed by atoms with E-state index in [0.717, 1.165) is 12.8 Å². The van der Waals surface area contributed by atoms with Crippen molar-refractivity contribution >= 4 is 11.8 Å². The van der Waals surface area contributed by atoms with Crippen LogP contribution in [0, 0.1) is 5.92 Å². The average Bonchev–Trinajstić information content (AvgIpc) is 3.02. The van der Waals surface area contributed by atoms with Gasteiger partial charge in [0.15, 0.2) is 0 Å². The van der Waals surface area contributed by atoms with Gasteiger partial charge in [-0.05, 0) is 18.8 Å². The number of carbonyl (C=O) groups excluding carboxylic acids is 2. The first-order valence-corrected chi connectivity index (χ1v) is 5.71. The molecule has 1 unspecified atom stereocenters. The number of rotatable bonds is 3. The third-order valence-corrected chi connectivity index (χ3v) is 3.17. The maximum absolute atomic E-state index is 12.1. The van der Waals surface area contributed by atoms with Gasteiger partial charge in [0.2, 0.25) is 11.8 Å². The van der Waals surface area contributed by atoms with Gasteiger partial charge in [-0.2, -0.15) is 0 Å². The van der Waals surface area contributed by atoms with Crippen molar-refractivity contribution in [3.05, 3.63) is 18.0 Å². The van der Waals surface area contributed by atoms with Crippen LogP contribution in [0.4, 0.5) is 0 Å². The highest BCUT2D eigenvalue weighted by Gasteiger charge is 2.42. The Bertz CT molecular complexity index is 439. The van der Waals surface area contributed by atoms with E-state index in [1.54, 1.807) is 11.0 Å². The van der Waals surface area contributed by atoms with Crippen molar-refractivity contribution in [2.75, 3.05) is 6.54 Å². The molecule has 1 aliphatic heterocycles. The van der Waals surface area contributed by atoms with Crippen molar-refractivity contribution in [1.29, 1.82) is 0 Å². The first kappa shape index (κ1) is 10.3. The van der Waals surface area contributed by atoms with E-state index in [1.807, 2.05) is 0 Å². The SMILES string of the molecule is O=C1CN(Cc2ccon2)C(=O)C(C2CC2)N1. The Morgan fingerprint density at radius 2 is 2.29 bits per heavy atom. The monoisotopic (exact) mass is 235 g/mol. The summed E-state index contributed by atoms with van der Waals surface area (Å²) in [5, 5.41) is 6.52. The molecule has 2 aliphatic rings. The number of nitrogens with one attached hydrogen (secondary N) is 1. The Balaban J connectivity index is 1.73. The maximum atomic E-state index is 12.1. The number of nitrogens with zero attached hydrogens (tertiary/aromatic N) is 2. The Morgan fingerprint density at radius 3 is 2.94 bits per heavy atom. The number of aromatic nitrogens is 1. The largest absolute Gasteiger partial charge is 0.364 e. The molecule has 1 saturated carbocycles. The third kappa shape index (κ3) is 2.02. The second-order valence-corrected chi connectivity index (χ2v) is 4.57. The quantitative estimate of drug-likeness (QED) is 0.794. The van der Waals surface area contributed by atoms with Crippen molar-refractivity contribution in [2.24, 2.45) is 5.92 Å². The van der Waals surface area contributed by atoms with Gasteiger partial charge in [0.05, 0.1) is 6.54 Å². The molecule has 1 N–H and O–H groups in total. The van der Waals surface area contributed by atoms with E-state index in [1.165, 1.54) is 6.26 Å². The number of amides is 2. The maximum Gasteiger partial charge on any atom is 0.246 e. The predicted molar refractivity (Wildman–Crippen MR) is 56.6 cm³/mol. The van der Waals surface area contributed by atoms with Gasteiger partial charge in [-0.15, -0.1) is 0 Å². The van der Waals surface area contributed by atoms with Crippen LogP contribution >= 0.6 is 0 Å². The highest BCUT2D eigenvalue weighted by Crippen LogP contribution is 2.34. The van der Waals surface area contributed by atoms with E-state index < -0.39 is 0 Å². The van der Waals surface area contributed by atoms with E-state index in [4.69, 9.17) is 4.52 Å². The lowest BCUT2D eigenvalue weighted by Crippen LogP contribution is -2.58. The summed E-state index contributed by atoms with van der Waals surface area (Å²) in [6, 6.07) is 1.37. The van der Waals surface area contributed by atoms with Crippen LogP contribution in [0.25, 0.3) is 0 Å². The smallest absolute Gasteiger partial charge is 0.246 e. The molecule has 1 aromatic heterocycles. The summed E-state index contributed by atoms with van der Waals surface area (Å²) in [6.07, 6.45) is 3.51. The number of piperazine rings is 1. The van der Waals surface area contributed by atoms with Crippen molar-refractivity contribution in [3.8, 4) is 0 Å². The molecule has 17 heavy (non-hydrogen) atoms. The van der Waals surface area contributed by atoms with Crippen LogP contribution < -0.4 is 5.32 Å². The van der Waals surface area contributed by atoms with Crippen LogP contribution in [0.15, 0.2) is 16.9 Å². The summed E-state index contributed by atoms with van der Waals surface area (Å²) in [6.45, 7) is 0.445. The highest BCUT2D eigenvalue weighted by molar-refractivity contribution is 5.95. The first-order chi connectivity index (χ1) is 8.24. The molecule has 2 amide bonds. The zero-order valence-corrected chi connectivity index (χ0v) is 9.26. The molecule has 0 bridgehead atoms. The Kier molecular flexibility index (Phi) is 2.35. The fourth-order valence-electron chi connectivity index (χ4n) is 2.13. The Hall–Kier alpha value is -1.85. The minimum absolute atomic E-state index is 0.00454. The summed E-state index contributed by atoms with van der Waals surface area (Å²) in [5.41, 5.74) is 0.669. The number of carbonyl (C=O) groups is 2. The van der Waals surface area contributed by atoms with Gasteiger partial charge in [-0.1, -0.05) is 5.16 Å². The zero-order chi connectivity index (χ0) is 11.8. The number of hydrogen-bond acceptors (Lipinski definition) is 4. The molecule has 2 heterocycles. The molecule has 90 valence electrons. The fourth-order valence-corrected chi connectivity index (χ4v) is 2.13. The van der Waals surface area contributed by atoms with Crippen molar-refractivity contribution in [1.82, 2.24) is 15.4 Å². The van der Waals surface area contributed by atoms with Crippen LogP contribution in [0.5, 0.6) is 0 Å². The normalized spacial score (nSPS) is 24.9. The number of hydrogen-bond donors (Lipinski definition) is 1. The summed E-state index contributed by atoms with van der Waals surface area (Å²) < 4.78 is 4.72. The fraction of sp³-hybridized carbons (Fsp3) is 0.545. The Labute approximate surface area is 97.9 Å². The van der Waals surface area contributed by atoms with Gasteiger partial charge in [-0.25, -0.2) is 0 Å². The standard InChI is InChI=1S/C11H13N3O3/c15-9-6-14(5-8-3-4-17-13-8)11(16)10(12-9)7-1-2-7/h3-4,7,10H,1-2,5-6H2,(H,12,15). The topological polar surface area (TPSA) is 75.4 Å². The van der Waals surface area contributed by atoms with Gasteiger partial charge < -0.3 is 14.7 Å². The van der Waals surface area contributed by atoms with Gasteiger partial charge in [-0.3, -0.25) is 9.59 Å². The van der Waals surface area contributed by atoms with E-state index in [0.29, 0.717) is 18.2 Å². The molecular formula is C11H13N3O3. The molecule has 0 radical (unpaired) electrons. The first-order valence-electron chi connectivity index (χ1n) is 5.71. The van der Waals surface area contributed by atoms with E-state index >= 15 is 0 Å². The molecular weight excluding hydrogens is 222 g/mol. The summed E-state index contributed by atoms with van der Waals surface area (Å²) in [5.74, 6) is 0.228. The summed E-state index contributed by atoms with van der Waals surface area (Å²) in [7, 11) is 0. The molecule has 2 fully saturated rings. The minimum atomic E-state index is -0.330. The van der Waals surface area contributed by atoms with Crippen molar-refractivity contribution < 1.29 is 14.1 Å². The highest BCUT2D eigenvalue weighted by atomic mass is 16.5. The molecule has 1 aliphatic carbocycles. The van der Waals surface area contributed by atoms with E-state index in [-0.39, 0.29) is 24.4 Å².